The second kappa shape index (κ2) is 8.40. The van der Waals surface area contributed by atoms with Gasteiger partial charge in [0.1, 0.15) is 10.7 Å². The zero-order valence-corrected chi connectivity index (χ0v) is 19.0. The number of carbonyl (C=O) groups is 3. The van der Waals surface area contributed by atoms with E-state index in [1.54, 1.807) is 34.3 Å². The number of pyridine rings is 1. The Hall–Kier alpha value is -3.59. The number of carbonyl (C=O) groups excluding carboxylic acids is 3. The summed E-state index contributed by atoms with van der Waals surface area (Å²) < 4.78 is 0. The molecule has 8 nitrogen and oxygen atoms in total. The molecule has 1 aromatic carbocycles. The van der Waals surface area contributed by atoms with Crippen LogP contribution in [-0.2, 0) is 16.1 Å². The van der Waals surface area contributed by atoms with Gasteiger partial charge in [0.25, 0.3) is 5.91 Å². The molecule has 3 amide bonds. The van der Waals surface area contributed by atoms with E-state index < -0.39 is 5.66 Å². The molecule has 0 saturated carbocycles. The summed E-state index contributed by atoms with van der Waals surface area (Å²) in [5, 5.41) is 5.65. The molecule has 4 heterocycles. The lowest BCUT2D eigenvalue weighted by Gasteiger charge is -2.48. The quantitative estimate of drug-likeness (QED) is 0.608. The Morgan fingerprint density at radius 3 is 2.79 bits per heavy atom. The Balaban J connectivity index is 1.24. The number of amides is 3. The van der Waals surface area contributed by atoms with Crippen molar-refractivity contribution in [3.63, 3.8) is 0 Å². The van der Waals surface area contributed by atoms with Crippen molar-refractivity contribution in [2.24, 2.45) is 0 Å². The largest absolute Gasteiger partial charge is 0.350 e. The number of hydrogen-bond donors (Lipinski definition) is 1. The van der Waals surface area contributed by atoms with Crippen molar-refractivity contribution in [1.82, 2.24) is 20.2 Å². The second-order valence-corrected chi connectivity index (χ2v) is 9.25. The van der Waals surface area contributed by atoms with Gasteiger partial charge in [0, 0.05) is 42.7 Å². The van der Waals surface area contributed by atoms with E-state index in [4.69, 9.17) is 0 Å². The number of anilines is 1. The summed E-state index contributed by atoms with van der Waals surface area (Å²) in [7, 11) is 0. The predicted octanol–water partition coefficient (Wildman–Crippen LogP) is 3.21. The molecule has 9 heteroatoms. The average Bonchev–Trinajstić information content (AvgIpc) is 3.43. The van der Waals surface area contributed by atoms with Gasteiger partial charge in [0.15, 0.2) is 0 Å². The lowest BCUT2D eigenvalue weighted by molar-refractivity contribution is -0.121. The summed E-state index contributed by atoms with van der Waals surface area (Å²) in [5.41, 5.74) is 2.23. The maximum Gasteiger partial charge on any atom is 0.257 e. The van der Waals surface area contributed by atoms with E-state index in [9.17, 15) is 14.4 Å². The molecule has 0 aliphatic carbocycles. The van der Waals surface area contributed by atoms with Gasteiger partial charge >= 0.3 is 0 Å². The highest BCUT2D eigenvalue weighted by Crippen LogP contribution is 2.43. The highest BCUT2D eigenvalue weighted by molar-refractivity contribution is 7.09. The highest BCUT2D eigenvalue weighted by Gasteiger charge is 2.52. The van der Waals surface area contributed by atoms with Crippen molar-refractivity contribution < 1.29 is 14.4 Å². The van der Waals surface area contributed by atoms with Crippen LogP contribution in [0.2, 0.25) is 0 Å². The van der Waals surface area contributed by atoms with Gasteiger partial charge in [0.05, 0.1) is 23.5 Å². The first-order valence-corrected chi connectivity index (χ1v) is 11.7. The van der Waals surface area contributed by atoms with Crippen LogP contribution in [0, 0.1) is 0 Å². The van der Waals surface area contributed by atoms with Crippen LogP contribution >= 0.6 is 11.3 Å². The molecule has 168 valence electrons. The summed E-state index contributed by atoms with van der Waals surface area (Å²) in [5.74, 6) is -0.309. The van der Waals surface area contributed by atoms with Crippen LogP contribution in [0.3, 0.4) is 0 Å². The molecule has 2 aliphatic heterocycles. The van der Waals surface area contributed by atoms with E-state index in [0.717, 1.165) is 16.3 Å². The van der Waals surface area contributed by atoms with E-state index in [1.807, 2.05) is 36.6 Å². The average molecular weight is 462 g/mol. The normalized spacial score (nSPS) is 19.4. The number of aromatic nitrogens is 2. The topological polar surface area (TPSA) is 95.5 Å². The van der Waals surface area contributed by atoms with Crippen LogP contribution in [0.4, 0.5) is 5.69 Å². The molecule has 1 atom stereocenters. The van der Waals surface area contributed by atoms with Gasteiger partial charge in [-0.05, 0) is 37.6 Å². The second-order valence-electron chi connectivity index (χ2n) is 8.31. The van der Waals surface area contributed by atoms with Crippen molar-refractivity contribution in [2.75, 3.05) is 11.4 Å². The van der Waals surface area contributed by atoms with Crippen LogP contribution in [0.1, 0.15) is 41.6 Å². The molecule has 33 heavy (non-hydrogen) atoms. The number of para-hydroxylation sites is 1. The predicted molar refractivity (Wildman–Crippen MR) is 124 cm³/mol. The van der Waals surface area contributed by atoms with Crippen LogP contribution in [0.5, 0.6) is 0 Å². The van der Waals surface area contributed by atoms with Crippen LogP contribution in [0.15, 0.2) is 54.2 Å². The van der Waals surface area contributed by atoms with Gasteiger partial charge in [-0.15, -0.1) is 11.3 Å². The third-order valence-electron chi connectivity index (χ3n) is 6.27. The molecule has 1 fully saturated rings. The molecule has 1 N–H and O–H groups in total. The molecule has 3 aromatic rings. The van der Waals surface area contributed by atoms with E-state index in [1.165, 1.54) is 11.3 Å². The fraction of sp³-hybridized carbons (Fsp3) is 0.292. The highest BCUT2D eigenvalue weighted by atomic mass is 32.1. The minimum Gasteiger partial charge on any atom is -0.350 e. The van der Waals surface area contributed by atoms with Crippen molar-refractivity contribution >= 4 is 34.7 Å². The maximum atomic E-state index is 13.2. The van der Waals surface area contributed by atoms with Gasteiger partial charge in [-0.3, -0.25) is 24.3 Å². The molecule has 1 unspecified atom stereocenters. The Morgan fingerprint density at radius 1 is 1.18 bits per heavy atom. The van der Waals surface area contributed by atoms with E-state index in [0.29, 0.717) is 30.6 Å². The number of hydrogen-bond acceptors (Lipinski definition) is 6. The minimum absolute atomic E-state index is 0.000623. The third kappa shape index (κ3) is 3.78. The zero-order chi connectivity index (χ0) is 23.0. The number of thiazole rings is 1. The van der Waals surface area contributed by atoms with Gasteiger partial charge in [0.2, 0.25) is 11.8 Å². The standard InChI is InChI=1S/C24H23N5O3S/c1-24-10-6-22(31)29(24)19-5-3-2-4-17(19)23(32)28(24)13-9-20(30)26-14-21-27-18(15-33-21)16-7-11-25-12-8-16/h2-5,7-8,11-12,15H,6,9-10,13-14H2,1H3,(H,26,30). The minimum atomic E-state index is -0.752. The number of rotatable bonds is 6. The van der Waals surface area contributed by atoms with Crippen molar-refractivity contribution in [3.05, 3.63) is 64.7 Å². The van der Waals surface area contributed by atoms with E-state index >= 15 is 0 Å². The fourth-order valence-corrected chi connectivity index (χ4v) is 5.31. The van der Waals surface area contributed by atoms with Gasteiger partial charge in [-0.2, -0.15) is 0 Å². The third-order valence-corrected chi connectivity index (χ3v) is 7.12. The zero-order valence-electron chi connectivity index (χ0n) is 18.2. The Labute approximate surface area is 195 Å². The molecule has 5 rings (SSSR count). The molecule has 2 aliphatic rings. The molecule has 0 radical (unpaired) electrons. The van der Waals surface area contributed by atoms with Crippen LogP contribution < -0.4 is 10.2 Å². The van der Waals surface area contributed by atoms with Crippen LogP contribution in [0.25, 0.3) is 11.3 Å². The number of fused-ring (bicyclic) bond motifs is 3. The van der Waals surface area contributed by atoms with E-state index in [-0.39, 0.29) is 30.7 Å². The van der Waals surface area contributed by atoms with Gasteiger partial charge in [-0.1, -0.05) is 12.1 Å². The molecular formula is C24H23N5O3S. The summed E-state index contributed by atoms with van der Waals surface area (Å²) in [6.45, 7) is 2.46. The summed E-state index contributed by atoms with van der Waals surface area (Å²) >= 11 is 1.48. The fourth-order valence-electron chi connectivity index (χ4n) is 4.56. The van der Waals surface area contributed by atoms with Gasteiger partial charge < -0.3 is 10.2 Å². The SMILES string of the molecule is CC12CCC(=O)N1c1ccccc1C(=O)N2CCC(=O)NCc1nc(-c2ccncc2)cs1. The number of nitrogens with one attached hydrogen (secondary N) is 1. The monoisotopic (exact) mass is 461 g/mol. The first-order valence-electron chi connectivity index (χ1n) is 10.8. The Morgan fingerprint density at radius 2 is 1.97 bits per heavy atom. The van der Waals surface area contributed by atoms with Crippen LogP contribution in [-0.4, -0.2) is 44.8 Å². The molecule has 1 saturated heterocycles. The lowest BCUT2D eigenvalue weighted by Crippen LogP contribution is -2.62. The van der Waals surface area contributed by atoms with Crippen molar-refractivity contribution in [3.8, 4) is 11.3 Å². The summed E-state index contributed by atoms with van der Waals surface area (Å²) in [6.07, 6.45) is 4.51. The molecular weight excluding hydrogens is 438 g/mol. The summed E-state index contributed by atoms with van der Waals surface area (Å²) in [4.78, 5) is 50.4. The Bertz CT molecular complexity index is 1230. The smallest absolute Gasteiger partial charge is 0.257 e. The maximum absolute atomic E-state index is 13.2. The molecule has 0 spiro atoms. The van der Waals surface area contributed by atoms with Gasteiger partial charge in [-0.25, -0.2) is 4.98 Å². The first kappa shape index (κ1) is 21.3. The van der Waals surface area contributed by atoms with Crippen molar-refractivity contribution in [1.29, 1.82) is 0 Å². The van der Waals surface area contributed by atoms with E-state index in [2.05, 4.69) is 15.3 Å². The first-order chi connectivity index (χ1) is 16.0. The number of nitrogens with zero attached hydrogens (tertiary/aromatic N) is 4. The van der Waals surface area contributed by atoms with Crippen molar-refractivity contribution in [2.45, 2.75) is 38.4 Å². The number of benzene rings is 1. The molecule has 0 bridgehead atoms. The molecule has 2 aromatic heterocycles. The Kier molecular flexibility index (Phi) is 5.41. The lowest BCUT2D eigenvalue weighted by atomic mass is 9.98. The summed E-state index contributed by atoms with van der Waals surface area (Å²) in [6, 6.07) is 11.0.